The van der Waals surface area contributed by atoms with Gasteiger partial charge in [-0.2, -0.15) is 11.3 Å². The molecular weight excluding hydrogens is 360 g/mol. The van der Waals surface area contributed by atoms with E-state index in [9.17, 15) is 4.79 Å². The van der Waals surface area contributed by atoms with Gasteiger partial charge in [-0.15, -0.1) is 10.2 Å². The van der Waals surface area contributed by atoms with Gasteiger partial charge in [0.2, 0.25) is 11.8 Å². The van der Waals surface area contributed by atoms with Crippen molar-refractivity contribution in [2.45, 2.75) is 25.2 Å². The van der Waals surface area contributed by atoms with E-state index in [0.29, 0.717) is 24.9 Å². The molecule has 1 aliphatic heterocycles. The predicted octanol–water partition coefficient (Wildman–Crippen LogP) is 3.93. The Morgan fingerprint density at radius 3 is 2.96 bits per heavy atom. The number of carbonyl (C=O) groups is 1. The summed E-state index contributed by atoms with van der Waals surface area (Å²) in [5, 5.41) is 15.4. The van der Waals surface area contributed by atoms with Crippen LogP contribution in [0.2, 0.25) is 0 Å². The van der Waals surface area contributed by atoms with Gasteiger partial charge in [0.15, 0.2) is 0 Å². The van der Waals surface area contributed by atoms with Crippen LogP contribution in [0, 0.1) is 0 Å². The van der Waals surface area contributed by atoms with E-state index in [1.54, 1.807) is 11.3 Å². The molecule has 27 heavy (non-hydrogen) atoms. The SMILES string of the molecule is O=C(NCCc1ccccc1)N1CCCC(c2nnc(-c3ccsc3)o2)C1. The first-order valence-corrected chi connectivity index (χ1v) is 10.2. The van der Waals surface area contributed by atoms with Gasteiger partial charge in [-0.1, -0.05) is 30.3 Å². The maximum atomic E-state index is 12.5. The van der Waals surface area contributed by atoms with Gasteiger partial charge in [-0.05, 0) is 36.3 Å². The number of nitrogens with one attached hydrogen (secondary N) is 1. The van der Waals surface area contributed by atoms with Gasteiger partial charge in [0.1, 0.15) is 0 Å². The summed E-state index contributed by atoms with van der Waals surface area (Å²) < 4.78 is 5.86. The molecule has 3 aromatic rings. The zero-order valence-electron chi connectivity index (χ0n) is 15.0. The van der Waals surface area contributed by atoms with Crippen LogP contribution in [0.3, 0.4) is 0 Å². The minimum atomic E-state index is -0.0202. The molecule has 3 heterocycles. The highest BCUT2D eigenvalue weighted by Crippen LogP contribution is 2.29. The molecule has 0 radical (unpaired) electrons. The summed E-state index contributed by atoms with van der Waals surface area (Å²) in [6, 6.07) is 12.1. The molecule has 0 spiro atoms. The first-order valence-electron chi connectivity index (χ1n) is 9.22. The fraction of sp³-hybridized carbons (Fsp3) is 0.350. The molecular formula is C20H22N4O2S. The molecule has 2 aromatic heterocycles. The van der Waals surface area contributed by atoms with Crippen molar-refractivity contribution in [3.8, 4) is 11.5 Å². The third kappa shape index (κ3) is 4.36. The molecule has 1 fully saturated rings. The van der Waals surface area contributed by atoms with Crippen molar-refractivity contribution in [2.24, 2.45) is 0 Å². The van der Waals surface area contributed by atoms with E-state index in [2.05, 4.69) is 27.6 Å². The Labute approximate surface area is 162 Å². The number of rotatable bonds is 5. The Bertz CT molecular complexity index is 863. The van der Waals surface area contributed by atoms with Gasteiger partial charge in [-0.25, -0.2) is 4.79 Å². The number of likely N-dealkylation sites (tertiary alicyclic amines) is 1. The normalized spacial score (nSPS) is 17.0. The van der Waals surface area contributed by atoms with E-state index < -0.39 is 0 Å². The lowest BCUT2D eigenvalue weighted by atomic mass is 9.98. The average Bonchev–Trinajstić information content (AvgIpc) is 3.40. The molecule has 0 aliphatic carbocycles. The largest absolute Gasteiger partial charge is 0.420 e. The monoisotopic (exact) mass is 382 g/mol. The molecule has 0 saturated carbocycles. The van der Waals surface area contributed by atoms with E-state index in [1.165, 1.54) is 5.56 Å². The van der Waals surface area contributed by atoms with Crippen LogP contribution in [-0.4, -0.2) is 40.8 Å². The van der Waals surface area contributed by atoms with Crippen molar-refractivity contribution in [3.05, 3.63) is 58.6 Å². The lowest BCUT2D eigenvalue weighted by molar-refractivity contribution is 0.174. The standard InChI is InChI=1S/C20H22N4O2S/c25-20(21-10-8-15-5-2-1-3-6-15)24-11-4-7-16(13-24)18-22-23-19(26-18)17-9-12-27-14-17/h1-3,5-6,9,12,14,16H,4,7-8,10-11,13H2,(H,21,25). The van der Waals surface area contributed by atoms with Crippen molar-refractivity contribution in [2.75, 3.05) is 19.6 Å². The quantitative estimate of drug-likeness (QED) is 0.726. The third-order valence-electron chi connectivity index (χ3n) is 4.80. The number of hydrogen-bond donors (Lipinski definition) is 1. The van der Waals surface area contributed by atoms with Gasteiger partial charge in [0.25, 0.3) is 0 Å². The molecule has 1 N–H and O–H groups in total. The second-order valence-corrected chi connectivity index (χ2v) is 7.49. The molecule has 1 atom stereocenters. The second kappa shape index (κ2) is 8.35. The van der Waals surface area contributed by atoms with E-state index in [4.69, 9.17) is 4.42 Å². The molecule has 6 nitrogen and oxygen atoms in total. The van der Waals surface area contributed by atoms with Crippen LogP contribution in [0.4, 0.5) is 4.79 Å². The van der Waals surface area contributed by atoms with Crippen LogP contribution in [0.15, 0.2) is 51.6 Å². The molecule has 1 saturated heterocycles. The van der Waals surface area contributed by atoms with Gasteiger partial charge in [0.05, 0.1) is 5.92 Å². The van der Waals surface area contributed by atoms with Crippen LogP contribution in [-0.2, 0) is 6.42 Å². The Morgan fingerprint density at radius 1 is 1.26 bits per heavy atom. The van der Waals surface area contributed by atoms with Crippen molar-refractivity contribution in [1.82, 2.24) is 20.4 Å². The van der Waals surface area contributed by atoms with Crippen LogP contribution in [0.1, 0.15) is 30.2 Å². The number of urea groups is 1. The smallest absolute Gasteiger partial charge is 0.317 e. The fourth-order valence-corrected chi connectivity index (χ4v) is 3.97. The lowest BCUT2D eigenvalue weighted by Crippen LogP contribution is -2.45. The summed E-state index contributed by atoms with van der Waals surface area (Å²) in [6.07, 6.45) is 2.73. The summed E-state index contributed by atoms with van der Waals surface area (Å²) in [7, 11) is 0. The summed E-state index contributed by atoms with van der Waals surface area (Å²) in [5.41, 5.74) is 2.17. The first-order chi connectivity index (χ1) is 13.3. The maximum Gasteiger partial charge on any atom is 0.317 e. The van der Waals surface area contributed by atoms with E-state index in [-0.39, 0.29) is 11.9 Å². The van der Waals surface area contributed by atoms with Crippen molar-refractivity contribution < 1.29 is 9.21 Å². The zero-order valence-corrected chi connectivity index (χ0v) is 15.8. The maximum absolute atomic E-state index is 12.5. The molecule has 7 heteroatoms. The lowest BCUT2D eigenvalue weighted by Gasteiger charge is -2.31. The number of hydrogen-bond acceptors (Lipinski definition) is 5. The number of piperidine rings is 1. The third-order valence-corrected chi connectivity index (χ3v) is 5.48. The number of amides is 2. The average molecular weight is 382 g/mol. The molecule has 1 aliphatic rings. The fourth-order valence-electron chi connectivity index (χ4n) is 3.34. The number of benzene rings is 1. The number of carbonyl (C=O) groups excluding carboxylic acids is 1. The van der Waals surface area contributed by atoms with Crippen LogP contribution in [0.25, 0.3) is 11.5 Å². The van der Waals surface area contributed by atoms with Crippen molar-refractivity contribution >= 4 is 17.4 Å². The summed E-state index contributed by atoms with van der Waals surface area (Å²) in [6.45, 7) is 2.01. The molecule has 4 rings (SSSR count). The Hall–Kier alpha value is -2.67. The van der Waals surface area contributed by atoms with Gasteiger partial charge in [0, 0.05) is 30.6 Å². The second-order valence-electron chi connectivity index (χ2n) is 6.71. The Morgan fingerprint density at radius 2 is 2.15 bits per heavy atom. The van der Waals surface area contributed by atoms with Gasteiger partial charge >= 0.3 is 6.03 Å². The van der Waals surface area contributed by atoms with Crippen molar-refractivity contribution in [1.29, 1.82) is 0 Å². The predicted molar refractivity (Wildman–Crippen MR) is 105 cm³/mol. The minimum absolute atomic E-state index is 0.0202. The molecule has 1 aromatic carbocycles. The summed E-state index contributed by atoms with van der Waals surface area (Å²) >= 11 is 1.60. The molecule has 140 valence electrons. The Balaban J connectivity index is 1.32. The Kier molecular flexibility index (Phi) is 5.48. The molecule has 2 amide bonds. The highest BCUT2D eigenvalue weighted by Gasteiger charge is 2.28. The van der Waals surface area contributed by atoms with Gasteiger partial charge in [-0.3, -0.25) is 0 Å². The van der Waals surface area contributed by atoms with E-state index >= 15 is 0 Å². The van der Waals surface area contributed by atoms with Crippen molar-refractivity contribution in [3.63, 3.8) is 0 Å². The number of thiophene rings is 1. The summed E-state index contributed by atoms with van der Waals surface area (Å²) in [4.78, 5) is 14.4. The van der Waals surface area contributed by atoms with E-state index in [0.717, 1.165) is 31.4 Å². The highest BCUT2D eigenvalue weighted by atomic mass is 32.1. The highest BCUT2D eigenvalue weighted by molar-refractivity contribution is 7.08. The number of nitrogens with zero attached hydrogens (tertiary/aromatic N) is 3. The van der Waals surface area contributed by atoms with Crippen LogP contribution in [0.5, 0.6) is 0 Å². The van der Waals surface area contributed by atoms with E-state index in [1.807, 2.05) is 39.9 Å². The van der Waals surface area contributed by atoms with Crippen LogP contribution < -0.4 is 5.32 Å². The summed E-state index contributed by atoms with van der Waals surface area (Å²) in [5.74, 6) is 1.27. The topological polar surface area (TPSA) is 71.3 Å². The molecule has 0 bridgehead atoms. The number of aromatic nitrogens is 2. The zero-order chi connectivity index (χ0) is 18.5. The van der Waals surface area contributed by atoms with Crippen LogP contribution >= 0.6 is 11.3 Å². The first kappa shape index (κ1) is 17.7. The molecule has 1 unspecified atom stereocenters. The van der Waals surface area contributed by atoms with Gasteiger partial charge < -0.3 is 14.6 Å². The minimum Gasteiger partial charge on any atom is -0.420 e.